The summed E-state index contributed by atoms with van der Waals surface area (Å²) in [7, 11) is 1.63. The van der Waals surface area contributed by atoms with Gasteiger partial charge in [-0.05, 0) is 37.3 Å². The highest BCUT2D eigenvalue weighted by molar-refractivity contribution is 5.43. The maximum absolute atomic E-state index is 13.7. The number of halogens is 1. The topological polar surface area (TPSA) is 68.3 Å². The standard InChI is InChI=1S/C21H23FN4O2/c1-15-13-20(24-14-16-5-3-4-6-19(16)22)26-21(25-15)23-11-12-28-18-9-7-17(27-2)8-10-18/h3-10,13H,11-12,14H2,1-2H3,(H2,23,24,25,26). The molecular weight excluding hydrogens is 359 g/mol. The first-order valence-electron chi connectivity index (χ1n) is 8.98. The molecule has 1 aromatic heterocycles. The molecule has 0 radical (unpaired) electrons. The number of nitrogens with one attached hydrogen (secondary N) is 2. The van der Waals surface area contributed by atoms with Crippen molar-refractivity contribution in [1.82, 2.24) is 9.97 Å². The van der Waals surface area contributed by atoms with E-state index < -0.39 is 0 Å². The van der Waals surface area contributed by atoms with E-state index in [-0.39, 0.29) is 5.82 Å². The predicted octanol–water partition coefficient (Wildman–Crippen LogP) is 4.04. The molecule has 0 bridgehead atoms. The Kier molecular flexibility index (Phi) is 6.62. The number of aryl methyl sites for hydroxylation is 1. The fourth-order valence-electron chi connectivity index (χ4n) is 2.57. The molecule has 0 aliphatic carbocycles. The number of aromatic nitrogens is 2. The highest BCUT2D eigenvalue weighted by Gasteiger charge is 2.05. The Morgan fingerprint density at radius 2 is 1.71 bits per heavy atom. The number of benzene rings is 2. The van der Waals surface area contributed by atoms with Crippen LogP contribution in [0.25, 0.3) is 0 Å². The largest absolute Gasteiger partial charge is 0.497 e. The van der Waals surface area contributed by atoms with Crippen molar-refractivity contribution < 1.29 is 13.9 Å². The molecule has 0 amide bonds. The van der Waals surface area contributed by atoms with Crippen LogP contribution in [0.2, 0.25) is 0 Å². The second-order valence-corrected chi connectivity index (χ2v) is 6.11. The fraction of sp³-hybridized carbons (Fsp3) is 0.238. The van der Waals surface area contributed by atoms with Gasteiger partial charge in [-0.15, -0.1) is 0 Å². The number of ether oxygens (including phenoxy) is 2. The van der Waals surface area contributed by atoms with Crippen LogP contribution in [0.1, 0.15) is 11.3 Å². The molecule has 0 aliphatic heterocycles. The summed E-state index contributed by atoms with van der Waals surface area (Å²) in [4.78, 5) is 8.78. The van der Waals surface area contributed by atoms with Crippen LogP contribution in [0.3, 0.4) is 0 Å². The highest BCUT2D eigenvalue weighted by atomic mass is 19.1. The fourth-order valence-corrected chi connectivity index (χ4v) is 2.57. The number of hydrogen-bond acceptors (Lipinski definition) is 6. The van der Waals surface area contributed by atoms with E-state index in [1.807, 2.05) is 37.3 Å². The van der Waals surface area contributed by atoms with E-state index in [4.69, 9.17) is 9.47 Å². The zero-order valence-electron chi connectivity index (χ0n) is 15.9. The molecule has 3 rings (SSSR count). The van der Waals surface area contributed by atoms with Gasteiger partial charge in [0.25, 0.3) is 0 Å². The summed E-state index contributed by atoms with van der Waals surface area (Å²) in [5.74, 6) is 2.44. The third-order valence-electron chi connectivity index (χ3n) is 3.99. The van der Waals surface area contributed by atoms with E-state index >= 15 is 0 Å². The van der Waals surface area contributed by atoms with Crippen molar-refractivity contribution in [2.45, 2.75) is 13.5 Å². The minimum absolute atomic E-state index is 0.241. The van der Waals surface area contributed by atoms with Gasteiger partial charge in [0.05, 0.1) is 13.7 Å². The van der Waals surface area contributed by atoms with Crippen LogP contribution in [0.5, 0.6) is 11.5 Å². The van der Waals surface area contributed by atoms with Crippen molar-refractivity contribution in [3.05, 3.63) is 71.7 Å². The van der Waals surface area contributed by atoms with E-state index in [9.17, 15) is 4.39 Å². The molecule has 0 unspecified atom stereocenters. The van der Waals surface area contributed by atoms with Crippen molar-refractivity contribution in [1.29, 1.82) is 0 Å². The maximum atomic E-state index is 13.7. The van der Waals surface area contributed by atoms with Crippen LogP contribution in [0.15, 0.2) is 54.6 Å². The van der Waals surface area contributed by atoms with E-state index in [1.54, 1.807) is 25.3 Å². The summed E-state index contributed by atoms with van der Waals surface area (Å²) in [5.41, 5.74) is 1.39. The molecule has 1 heterocycles. The Balaban J connectivity index is 1.50. The Bertz CT molecular complexity index is 903. The molecule has 0 saturated heterocycles. The van der Waals surface area contributed by atoms with E-state index in [0.717, 1.165) is 17.2 Å². The highest BCUT2D eigenvalue weighted by Crippen LogP contribution is 2.17. The molecule has 6 nitrogen and oxygen atoms in total. The first-order chi connectivity index (χ1) is 13.6. The number of nitrogens with zero attached hydrogens (tertiary/aromatic N) is 2. The van der Waals surface area contributed by atoms with Gasteiger partial charge >= 0.3 is 0 Å². The molecule has 3 aromatic rings. The van der Waals surface area contributed by atoms with Crippen LogP contribution in [0, 0.1) is 12.7 Å². The molecule has 2 N–H and O–H groups in total. The summed E-state index contributed by atoms with van der Waals surface area (Å²) >= 11 is 0. The van der Waals surface area contributed by atoms with Gasteiger partial charge in [-0.25, -0.2) is 9.37 Å². The number of rotatable bonds is 9. The lowest BCUT2D eigenvalue weighted by Crippen LogP contribution is -2.14. The normalized spacial score (nSPS) is 10.4. The monoisotopic (exact) mass is 382 g/mol. The van der Waals surface area contributed by atoms with E-state index in [0.29, 0.717) is 37.0 Å². The molecule has 146 valence electrons. The van der Waals surface area contributed by atoms with Crippen molar-refractivity contribution >= 4 is 11.8 Å². The van der Waals surface area contributed by atoms with E-state index in [1.165, 1.54) is 6.07 Å². The summed E-state index contributed by atoms with van der Waals surface area (Å²) in [6.45, 7) is 3.24. The molecule has 0 spiro atoms. The summed E-state index contributed by atoms with van der Waals surface area (Å²) in [6, 6.07) is 15.9. The molecule has 28 heavy (non-hydrogen) atoms. The molecule has 0 aliphatic rings. The van der Waals surface area contributed by atoms with Crippen molar-refractivity contribution in [2.24, 2.45) is 0 Å². The van der Waals surface area contributed by atoms with Crippen molar-refractivity contribution in [2.75, 3.05) is 30.9 Å². The Morgan fingerprint density at radius 3 is 2.46 bits per heavy atom. The molecule has 2 aromatic carbocycles. The number of anilines is 2. The smallest absolute Gasteiger partial charge is 0.224 e. The third-order valence-corrected chi connectivity index (χ3v) is 3.99. The summed E-state index contributed by atoms with van der Waals surface area (Å²) in [5, 5.41) is 6.28. The van der Waals surface area contributed by atoms with Gasteiger partial charge in [0.15, 0.2) is 0 Å². The lowest BCUT2D eigenvalue weighted by Gasteiger charge is -2.11. The van der Waals surface area contributed by atoms with Crippen LogP contribution in [-0.4, -0.2) is 30.2 Å². The SMILES string of the molecule is COc1ccc(OCCNc2nc(C)cc(NCc3ccccc3F)n2)cc1. The van der Waals surface area contributed by atoms with Gasteiger partial charge in [-0.3, -0.25) is 0 Å². The first kappa shape index (κ1) is 19.4. The molecule has 0 atom stereocenters. The van der Waals surface area contributed by atoms with Gasteiger partial charge in [0.2, 0.25) is 5.95 Å². The van der Waals surface area contributed by atoms with Gasteiger partial charge in [0, 0.05) is 23.9 Å². The predicted molar refractivity (Wildman–Crippen MR) is 107 cm³/mol. The van der Waals surface area contributed by atoms with Gasteiger partial charge in [-0.1, -0.05) is 18.2 Å². The minimum Gasteiger partial charge on any atom is -0.497 e. The quantitative estimate of drug-likeness (QED) is 0.545. The Labute approximate surface area is 163 Å². The lowest BCUT2D eigenvalue weighted by atomic mass is 10.2. The zero-order valence-corrected chi connectivity index (χ0v) is 15.9. The first-order valence-corrected chi connectivity index (χ1v) is 8.98. The van der Waals surface area contributed by atoms with Crippen LogP contribution in [0.4, 0.5) is 16.2 Å². The van der Waals surface area contributed by atoms with Gasteiger partial charge < -0.3 is 20.1 Å². The van der Waals surface area contributed by atoms with Crippen molar-refractivity contribution in [3.8, 4) is 11.5 Å². The Morgan fingerprint density at radius 1 is 0.964 bits per heavy atom. The molecule has 7 heteroatoms. The molecule has 0 saturated carbocycles. The zero-order chi connectivity index (χ0) is 19.8. The number of hydrogen-bond donors (Lipinski definition) is 2. The van der Waals surface area contributed by atoms with Crippen LogP contribution in [-0.2, 0) is 6.54 Å². The van der Waals surface area contributed by atoms with E-state index in [2.05, 4.69) is 20.6 Å². The molecular formula is C21H23FN4O2. The van der Waals surface area contributed by atoms with Crippen molar-refractivity contribution in [3.63, 3.8) is 0 Å². The van der Waals surface area contributed by atoms with Crippen LogP contribution >= 0.6 is 0 Å². The van der Waals surface area contributed by atoms with Gasteiger partial charge in [0.1, 0.15) is 29.7 Å². The Hall–Kier alpha value is -3.35. The third kappa shape index (κ3) is 5.57. The summed E-state index contributed by atoms with van der Waals surface area (Å²) < 4.78 is 24.5. The number of methoxy groups -OCH3 is 1. The van der Waals surface area contributed by atoms with Crippen LogP contribution < -0.4 is 20.1 Å². The second kappa shape index (κ2) is 9.55. The summed E-state index contributed by atoms with van der Waals surface area (Å²) in [6.07, 6.45) is 0. The second-order valence-electron chi connectivity index (χ2n) is 6.11. The van der Waals surface area contributed by atoms with Gasteiger partial charge in [-0.2, -0.15) is 4.98 Å². The maximum Gasteiger partial charge on any atom is 0.224 e. The molecule has 0 fully saturated rings. The lowest BCUT2D eigenvalue weighted by molar-refractivity contribution is 0.331. The average molecular weight is 382 g/mol. The average Bonchev–Trinajstić information content (AvgIpc) is 2.71. The minimum atomic E-state index is -0.241.